The van der Waals surface area contributed by atoms with Crippen LogP contribution in [0.25, 0.3) is 0 Å². The largest absolute Gasteiger partial charge is 0.477 e. The number of rotatable bonds is 58. The van der Waals surface area contributed by atoms with E-state index < -0.39 is 24.3 Å². The molecule has 0 aliphatic heterocycles. The third kappa shape index (κ3) is 57.0. The number of carbonyl (C=O) groups is 3. The van der Waals surface area contributed by atoms with E-state index in [2.05, 4.69) is 62.5 Å². The lowest BCUT2D eigenvalue weighted by Crippen LogP contribution is -2.40. The van der Waals surface area contributed by atoms with Crippen LogP contribution in [0.5, 0.6) is 0 Å². The highest BCUT2D eigenvalue weighted by atomic mass is 16.7. The Morgan fingerprint density at radius 3 is 1.15 bits per heavy atom. The van der Waals surface area contributed by atoms with E-state index in [1.165, 1.54) is 199 Å². The van der Waals surface area contributed by atoms with Gasteiger partial charge in [-0.05, 0) is 51.4 Å². The molecule has 0 bridgehead atoms. The lowest BCUT2D eigenvalue weighted by molar-refractivity contribution is -0.870. The first-order valence-electron chi connectivity index (χ1n) is 31.3. The van der Waals surface area contributed by atoms with Crippen LogP contribution in [-0.2, 0) is 33.3 Å². The fraction of sp³-hybridized carbons (Fsp3) is 0.831. The van der Waals surface area contributed by atoms with Crippen LogP contribution in [0.2, 0.25) is 0 Å². The number of esters is 2. The average Bonchev–Trinajstić information content (AvgIpc) is 3.37. The van der Waals surface area contributed by atoms with Crippen LogP contribution in [-0.4, -0.2) is 87.4 Å². The van der Waals surface area contributed by atoms with Gasteiger partial charge < -0.3 is 28.5 Å². The van der Waals surface area contributed by atoms with Gasteiger partial charge in [0.1, 0.15) is 13.2 Å². The number of carboxylic acids is 1. The van der Waals surface area contributed by atoms with Crippen LogP contribution in [0.3, 0.4) is 0 Å². The van der Waals surface area contributed by atoms with E-state index in [-0.39, 0.29) is 32.2 Å². The molecule has 0 saturated heterocycles. The van der Waals surface area contributed by atoms with Gasteiger partial charge in [0, 0.05) is 12.8 Å². The molecule has 0 radical (unpaired) electrons. The second-order valence-electron chi connectivity index (χ2n) is 22.3. The molecule has 0 aliphatic rings. The highest BCUT2D eigenvalue weighted by Crippen LogP contribution is 2.18. The van der Waals surface area contributed by atoms with Crippen molar-refractivity contribution in [2.75, 3.05) is 47.5 Å². The first-order chi connectivity index (χ1) is 36.1. The molecule has 0 saturated carbocycles. The summed E-state index contributed by atoms with van der Waals surface area (Å²) < 4.78 is 22.9. The summed E-state index contributed by atoms with van der Waals surface area (Å²) in [6.45, 7) is 4.81. The minimum absolute atomic E-state index is 0.179. The molecular formula is C65H120NO8+. The Morgan fingerprint density at radius 2 is 0.770 bits per heavy atom. The molecular weight excluding hydrogens is 923 g/mol. The summed E-state index contributed by atoms with van der Waals surface area (Å²) >= 11 is 0. The summed E-state index contributed by atoms with van der Waals surface area (Å²) in [6, 6.07) is 0. The summed E-state index contributed by atoms with van der Waals surface area (Å²) in [5.74, 6) is -1.99. The molecule has 1 N–H and O–H groups in total. The van der Waals surface area contributed by atoms with Gasteiger partial charge >= 0.3 is 17.9 Å². The van der Waals surface area contributed by atoms with E-state index in [9.17, 15) is 19.5 Å². The molecule has 0 aromatic carbocycles. The number of unbranched alkanes of at least 4 members (excludes halogenated alkanes) is 35. The maximum absolute atomic E-state index is 12.9. The standard InChI is InChI=1S/C65H119NO8/c1-6-8-10-12-14-16-18-20-22-24-26-28-30-32-34-36-38-40-42-44-46-48-50-52-54-56-63(68)74-61(60-73-65(64(69)70)71-58-57-66(3,4)5)59-72-62(67)55-53-51-49-47-45-43-41-39-37-35-33-31-29-27-25-23-21-19-17-15-13-11-9-7-2/h8,10,14,16,20,22,26,28,61,65H,6-7,9,11-13,15,17-19,21,23-25,27,29-60H2,1-5H3/p+1/b10-8-,16-14-,22-20-,28-26-. The van der Waals surface area contributed by atoms with Crippen molar-refractivity contribution < 1.29 is 42.9 Å². The number of aliphatic carboxylic acids is 1. The predicted octanol–water partition coefficient (Wildman–Crippen LogP) is 18.6. The van der Waals surface area contributed by atoms with Gasteiger partial charge in [0.2, 0.25) is 0 Å². The Hall–Kier alpha value is -2.75. The van der Waals surface area contributed by atoms with Crippen molar-refractivity contribution in [3.63, 3.8) is 0 Å². The Bertz CT molecular complexity index is 1350. The van der Waals surface area contributed by atoms with Crippen LogP contribution in [0.15, 0.2) is 48.6 Å². The molecule has 0 rings (SSSR count). The maximum atomic E-state index is 12.9. The Balaban J connectivity index is 4.17. The number of hydrogen-bond acceptors (Lipinski definition) is 7. The molecule has 0 aromatic rings. The van der Waals surface area contributed by atoms with Crippen molar-refractivity contribution in [1.29, 1.82) is 0 Å². The number of allylic oxidation sites excluding steroid dienone is 8. The molecule has 2 atom stereocenters. The highest BCUT2D eigenvalue weighted by Gasteiger charge is 2.25. The van der Waals surface area contributed by atoms with Crippen molar-refractivity contribution in [3.8, 4) is 0 Å². The molecule has 0 fully saturated rings. The number of hydrogen-bond donors (Lipinski definition) is 1. The van der Waals surface area contributed by atoms with Gasteiger partial charge in [-0.3, -0.25) is 9.59 Å². The summed E-state index contributed by atoms with van der Waals surface area (Å²) in [7, 11) is 5.98. The van der Waals surface area contributed by atoms with Crippen molar-refractivity contribution in [3.05, 3.63) is 48.6 Å². The first-order valence-corrected chi connectivity index (χ1v) is 31.3. The first kappa shape index (κ1) is 71.2. The van der Waals surface area contributed by atoms with Crippen LogP contribution >= 0.6 is 0 Å². The molecule has 0 amide bonds. The predicted molar refractivity (Wildman–Crippen MR) is 314 cm³/mol. The Labute approximate surface area is 457 Å². The number of quaternary nitrogens is 1. The normalized spacial score (nSPS) is 13.0. The number of nitrogens with zero attached hydrogens (tertiary/aromatic N) is 1. The van der Waals surface area contributed by atoms with Gasteiger partial charge in [0.05, 0.1) is 34.4 Å². The Kier molecular flexibility index (Phi) is 54.4. The van der Waals surface area contributed by atoms with E-state index in [4.69, 9.17) is 18.9 Å². The zero-order valence-corrected chi connectivity index (χ0v) is 49.3. The van der Waals surface area contributed by atoms with E-state index in [1.807, 2.05) is 21.1 Å². The van der Waals surface area contributed by atoms with Crippen molar-refractivity contribution in [2.45, 2.75) is 302 Å². The number of ether oxygens (including phenoxy) is 4. The zero-order valence-electron chi connectivity index (χ0n) is 49.3. The van der Waals surface area contributed by atoms with Crippen molar-refractivity contribution in [1.82, 2.24) is 0 Å². The molecule has 9 nitrogen and oxygen atoms in total. The SMILES string of the molecule is CC/C=C\C/C=C\C/C=C\C/C=C\CCCCCCCCCCCCCCC(=O)OC(COC(=O)CCCCCCCCCCCCCCCCCCCCCCCCCC)COC(OCC[N+](C)(C)C)C(=O)O. The highest BCUT2D eigenvalue weighted by molar-refractivity contribution is 5.71. The lowest BCUT2D eigenvalue weighted by Gasteiger charge is -2.25. The zero-order chi connectivity index (χ0) is 54.1. The Morgan fingerprint density at radius 1 is 0.419 bits per heavy atom. The fourth-order valence-corrected chi connectivity index (χ4v) is 9.07. The third-order valence-electron chi connectivity index (χ3n) is 13.8. The second kappa shape index (κ2) is 56.5. The summed E-state index contributed by atoms with van der Waals surface area (Å²) in [5.41, 5.74) is 0. The molecule has 0 spiro atoms. The molecule has 0 heterocycles. The van der Waals surface area contributed by atoms with Crippen LogP contribution in [0.1, 0.15) is 290 Å². The monoisotopic (exact) mass is 1040 g/mol. The van der Waals surface area contributed by atoms with Gasteiger partial charge in [-0.2, -0.15) is 0 Å². The molecule has 0 aromatic heterocycles. The van der Waals surface area contributed by atoms with Gasteiger partial charge in [0.15, 0.2) is 6.10 Å². The molecule has 0 aliphatic carbocycles. The number of likely N-dealkylation sites (N-methyl/N-ethyl adjacent to an activating group) is 1. The quantitative estimate of drug-likeness (QED) is 0.0211. The molecule has 9 heteroatoms. The van der Waals surface area contributed by atoms with Crippen LogP contribution in [0.4, 0.5) is 0 Å². The van der Waals surface area contributed by atoms with E-state index in [0.717, 1.165) is 64.2 Å². The smallest absolute Gasteiger partial charge is 0.361 e. The van der Waals surface area contributed by atoms with Crippen molar-refractivity contribution >= 4 is 17.9 Å². The molecule has 74 heavy (non-hydrogen) atoms. The van der Waals surface area contributed by atoms with Gasteiger partial charge in [-0.15, -0.1) is 0 Å². The lowest BCUT2D eigenvalue weighted by atomic mass is 10.0. The van der Waals surface area contributed by atoms with E-state index in [0.29, 0.717) is 17.4 Å². The fourth-order valence-electron chi connectivity index (χ4n) is 9.07. The second-order valence-corrected chi connectivity index (χ2v) is 22.3. The summed E-state index contributed by atoms with van der Waals surface area (Å²) in [4.78, 5) is 37.5. The number of carbonyl (C=O) groups excluding carboxylic acids is 2. The summed E-state index contributed by atoms with van der Waals surface area (Å²) in [6.07, 6.45) is 67.7. The molecule has 2 unspecified atom stereocenters. The minimum atomic E-state index is -1.51. The summed E-state index contributed by atoms with van der Waals surface area (Å²) in [5, 5.41) is 9.72. The average molecular weight is 1040 g/mol. The van der Waals surface area contributed by atoms with Crippen LogP contribution < -0.4 is 0 Å². The van der Waals surface area contributed by atoms with Crippen LogP contribution in [0, 0.1) is 0 Å². The van der Waals surface area contributed by atoms with Crippen molar-refractivity contribution in [2.24, 2.45) is 0 Å². The van der Waals surface area contributed by atoms with Gasteiger partial charge in [-0.25, -0.2) is 4.79 Å². The minimum Gasteiger partial charge on any atom is -0.477 e. The molecule has 432 valence electrons. The van der Waals surface area contributed by atoms with E-state index in [1.54, 1.807) is 0 Å². The van der Waals surface area contributed by atoms with E-state index >= 15 is 0 Å². The topological polar surface area (TPSA) is 108 Å². The third-order valence-corrected chi connectivity index (χ3v) is 13.8. The maximum Gasteiger partial charge on any atom is 0.361 e. The number of carboxylic acid groups (broad SMARTS) is 1. The van der Waals surface area contributed by atoms with Gasteiger partial charge in [-0.1, -0.05) is 274 Å². The van der Waals surface area contributed by atoms with Gasteiger partial charge in [0.25, 0.3) is 6.29 Å².